The van der Waals surface area contributed by atoms with Crippen molar-refractivity contribution in [2.45, 2.75) is 25.2 Å². The fourth-order valence-electron chi connectivity index (χ4n) is 3.40. The van der Waals surface area contributed by atoms with Gasteiger partial charge in [0, 0.05) is 36.9 Å². The lowest BCUT2D eigenvalue weighted by molar-refractivity contribution is 0.0984. The van der Waals surface area contributed by atoms with Crippen molar-refractivity contribution in [1.82, 2.24) is 14.6 Å². The molecule has 3 aromatic rings. The van der Waals surface area contributed by atoms with E-state index in [1.165, 1.54) is 5.56 Å². The Bertz CT molecular complexity index is 951. The van der Waals surface area contributed by atoms with E-state index >= 15 is 0 Å². The van der Waals surface area contributed by atoms with Gasteiger partial charge in [-0.2, -0.15) is 0 Å². The third kappa shape index (κ3) is 2.09. The first-order valence-corrected chi connectivity index (χ1v) is 8.08. The molecule has 122 valence electrons. The van der Waals surface area contributed by atoms with Crippen LogP contribution in [0, 0.1) is 5.92 Å². The first-order valence-electron chi connectivity index (χ1n) is 8.08. The van der Waals surface area contributed by atoms with Crippen LogP contribution >= 0.6 is 0 Å². The number of para-hydroxylation sites is 1. The van der Waals surface area contributed by atoms with Gasteiger partial charge in [-0.05, 0) is 23.3 Å². The van der Waals surface area contributed by atoms with Crippen LogP contribution < -0.4 is 4.74 Å². The molecule has 1 aromatic carbocycles. The maximum atomic E-state index is 13.1. The quantitative estimate of drug-likeness (QED) is 0.739. The van der Waals surface area contributed by atoms with Crippen molar-refractivity contribution in [2.24, 2.45) is 5.92 Å². The monoisotopic (exact) mass is 327 g/mol. The number of nitrogens with zero attached hydrogens (tertiary/aromatic N) is 3. The molecule has 24 heavy (non-hydrogen) atoms. The Hall–Kier alpha value is -2.50. The van der Waals surface area contributed by atoms with Crippen molar-refractivity contribution in [3.8, 4) is 16.9 Å². The largest absolute Gasteiger partial charge is 0.492 e. The second-order valence-corrected chi connectivity index (χ2v) is 6.52. The molecule has 1 fully saturated rings. The highest BCUT2D eigenvalue weighted by Crippen LogP contribution is 2.50. The van der Waals surface area contributed by atoms with E-state index in [1.807, 2.05) is 30.5 Å². The summed E-state index contributed by atoms with van der Waals surface area (Å²) in [6, 6.07) is 10.0. The zero-order chi connectivity index (χ0) is 16.3. The Balaban J connectivity index is 1.52. The van der Waals surface area contributed by atoms with E-state index in [0.717, 1.165) is 23.3 Å². The van der Waals surface area contributed by atoms with Crippen LogP contribution in [0.2, 0.25) is 0 Å². The van der Waals surface area contributed by atoms with Gasteiger partial charge in [0.05, 0.1) is 6.61 Å². The second-order valence-electron chi connectivity index (χ2n) is 6.52. The Labute approximate surface area is 137 Å². The van der Waals surface area contributed by atoms with Gasteiger partial charge in [-0.3, -0.25) is 4.40 Å². The SMILES string of the molecule is FC1(F)CC1Cc1nnc2cc(-c3cccc4c3OCC4)ccn12. The van der Waals surface area contributed by atoms with Crippen molar-refractivity contribution in [3.63, 3.8) is 0 Å². The summed E-state index contributed by atoms with van der Waals surface area (Å²) in [7, 11) is 0. The second kappa shape index (κ2) is 4.75. The molecule has 3 heterocycles. The third-order valence-electron chi connectivity index (χ3n) is 4.89. The Morgan fingerprint density at radius 2 is 2.12 bits per heavy atom. The summed E-state index contributed by atoms with van der Waals surface area (Å²) in [4.78, 5) is 0. The molecule has 1 aliphatic heterocycles. The fraction of sp³-hybridized carbons (Fsp3) is 0.333. The number of ether oxygens (including phenoxy) is 1. The van der Waals surface area contributed by atoms with E-state index in [-0.39, 0.29) is 12.8 Å². The molecule has 1 saturated carbocycles. The van der Waals surface area contributed by atoms with Crippen LogP contribution in [-0.2, 0) is 12.8 Å². The number of fused-ring (bicyclic) bond motifs is 2. The normalized spacial score (nSPS) is 20.8. The van der Waals surface area contributed by atoms with E-state index in [1.54, 1.807) is 4.40 Å². The van der Waals surface area contributed by atoms with E-state index in [0.29, 0.717) is 18.1 Å². The molecule has 2 aliphatic rings. The average Bonchev–Trinajstić information content (AvgIpc) is 2.98. The highest BCUT2D eigenvalue weighted by atomic mass is 19.3. The highest BCUT2D eigenvalue weighted by molar-refractivity contribution is 5.75. The topological polar surface area (TPSA) is 39.4 Å². The minimum atomic E-state index is -2.53. The van der Waals surface area contributed by atoms with Crippen LogP contribution in [0.25, 0.3) is 16.8 Å². The Kier molecular flexibility index (Phi) is 2.75. The number of hydrogen-bond acceptors (Lipinski definition) is 3. The summed E-state index contributed by atoms with van der Waals surface area (Å²) in [6.45, 7) is 0.708. The molecule has 0 N–H and O–H groups in total. The average molecular weight is 327 g/mol. The molecule has 1 aliphatic carbocycles. The molecule has 2 aromatic heterocycles. The molecular formula is C18H15F2N3O. The molecular weight excluding hydrogens is 312 g/mol. The molecule has 6 heteroatoms. The standard InChI is InChI=1S/C18H15F2N3O/c19-18(20)10-13(18)9-16-22-21-15-8-12(4-6-23(15)16)14-3-1-2-11-5-7-24-17(11)14/h1-4,6,8,13H,5,7,9-10H2. The smallest absolute Gasteiger partial charge is 0.252 e. The number of pyridine rings is 1. The molecule has 0 amide bonds. The van der Waals surface area contributed by atoms with Crippen molar-refractivity contribution in [1.29, 1.82) is 0 Å². The zero-order valence-corrected chi connectivity index (χ0v) is 12.9. The van der Waals surface area contributed by atoms with Gasteiger partial charge in [-0.1, -0.05) is 18.2 Å². The predicted molar refractivity (Wildman–Crippen MR) is 84.4 cm³/mol. The Morgan fingerprint density at radius 1 is 1.25 bits per heavy atom. The van der Waals surface area contributed by atoms with Gasteiger partial charge in [0.1, 0.15) is 11.6 Å². The highest BCUT2D eigenvalue weighted by Gasteiger charge is 2.56. The van der Waals surface area contributed by atoms with Crippen LogP contribution in [-0.4, -0.2) is 27.1 Å². The lowest BCUT2D eigenvalue weighted by atomic mass is 10.0. The first kappa shape index (κ1) is 13.9. The van der Waals surface area contributed by atoms with Gasteiger partial charge in [0.15, 0.2) is 5.65 Å². The molecule has 5 rings (SSSR count). The first-order chi connectivity index (χ1) is 11.6. The van der Waals surface area contributed by atoms with Crippen molar-refractivity contribution >= 4 is 5.65 Å². The molecule has 1 unspecified atom stereocenters. The summed E-state index contributed by atoms with van der Waals surface area (Å²) in [5, 5.41) is 8.25. The Morgan fingerprint density at radius 3 is 2.96 bits per heavy atom. The van der Waals surface area contributed by atoms with Crippen molar-refractivity contribution in [3.05, 3.63) is 47.9 Å². The van der Waals surface area contributed by atoms with Gasteiger partial charge in [0.25, 0.3) is 5.92 Å². The lowest BCUT2D eigenvalue weighted by Crippen LogP contribution is -2.02. The van der Waals surface area contributed by atoms with Crippen molar-refractivity contribution in [2.75, 3.05) is 6.61 Å². The summed E-state index contributed by atoms with van der Waals surface area (Å²) < 4.78 is 33.8. The molecule has 0 bridgehead atoms. The maximum absolute atomic E-state index is 13.1. The number of rotatable bonds is 3. The molecule has 0 spiro atoms. The van der Waals surface area contributed by atoms with E-state index in [2.05, 4.69) is 16.3 Å². The summed E-state index contributed by atoms with van der Waals surface area (Å²) in [6.07, 6.45) is 3.00. The van der Waals surface area contributed by atoms with Gasteiger partial charge in [0.2, 0.25) is 0 Å². The lowest BCUT2D eigenvalue weighted by Gasteiger charge is -2.08. The molecule has 4 nitrogen and oxygen atoms in total. The maximum Gasteiger partial charge on any atom is 0.252 e. The number of benzene rings is 1. The predicted octanol–water partition coefficient (Wildman–Crippen LogP) is 3.53. The van der Waals surface area contributed by atoms with Gasteiger partial charge in [-0.15, -0.1) is 10.2 Å². The van der Waals surface area contributed by atoms with Crippen LogP contribution in [0.15, 0.2) is 36.5 Å². The van der Waals surface area contributed by atoms with E-state index in [9.17, 15) is 8.78 Å². The fourth-order valence-corrected chi connectivity index (χ4v) is 3.40. The van der Waals surface area contributed by atoms with Crippen LogP contribution in [0.5, 0.6) is 5.75 Å². The summed E-state index contributed by atoms with van der Waals surface area (Å²) in [5.74, 6) is -1.61. The van der Waals surface area contributed by atoms with Crippen molar-refractivity contribution < 1.29 is 13.5 Å². The van der Waals surface area contributed by atoms with Crippen LogP contribution in [0.4, 0.5) is 8.78 Å². The summed E-state index contributed by atoms with van der Waals surface area (Å²) in [5.41, 5.74) is 3.91. The van der Waals surface area contributed by atoms with Crippen LogP contribution in [0.3, 0.4) is 0 Å². The van der Waals surface area contributed by atoms with Crippen LogP contribution in [0.1, 0.15) is 17.8 Å². The third-order valence-corrected chi connectivity index (χ3v) is 4.89. The van der Waals surface area contributed by atoms with Gasteiger partial charge in [-0.25, -0.2) is 8.78 Å². The minimum Gasteiger partial charge on any atom is -0.492 e. The number of hydrogen-bond donors (Lipinski definition) is 0. The number of alkyl halides is 2. The van der Waals surface area contributed by atoms with E-state index in [4.69, 9.17) is 4.74 Å². The molecule has 0 saturated heterocycles. The molecule has 0 radical (unpaired) electrons. The molecule has 1 atom stereocenters. The van der Waals surface area contributed by atoms with E-state index < -0.39 is 11.8 Å². The minimum absolute atomic E-state index is 0.0481. The zero-order valence-electron chi connectivity index (χ0n) is 12.9. The van der Waals surface area contributed by atoms with Gasteiger partial charge >= 0.3 is 0 Å². The summed E-state index contributed by atoms with van der Waals surface area (Å²) >= 11 is 0. The number of halogens is 2. The number of aromatic nitrogens is 3. The van der Waals surface area contributed by atoms with Gasteiger partial charge < -0.3 is 4.74 Å².